The molecule has 1 amide bonds. The number of amides is 1. The van der Waals surface area contributed by atoms with Gasteiger partial charge in [0.1, 0.15) is 11.4 Å². The van der Waals surface area contributed by atoms with Gasteiger partial charge in [0.05, 0.1) is 0 Å². The van der Waals surface area contributed by atoms with Gasteiger partial charge in [0.15, 0.2) is 6.10 Å². The van der Waals surface area contributed by atoms with Gasteiger partial charge in [0, 0.05) is 11.3 Å². The lowest BCUT2D eigenvalue weighted by Gasteiger charge is -2.20. The summed E-state index contributed by atoms with van der Waals surface area (Å²) in [5.74, 6) is -1.28. The summed E-state index contributed by atoms with van der Waals surface area (Å²) in [5, 5.41) is 11.2. The van der Waals surface area contributed by atoms with E-state index in [1.165, 1.54) is 0 Å². The van der Waals surface area contributed by atoms with Gasteiger partial charge in [-0.2, -0.15) is 13.2 Å². The van der Waals surface area contributed by atoms with Crippen molar-refractivity contribution in [2.24, 2.45) is 0 Å². The smallest absolute Gasteiger partial charge is 0.418 e. The van der Waals surface area contributed by atoms with E-state index in [2.05, 4.69) is 5.32 Å². The molecule has 1 rings (SSSR count). The molecule has 4 nitrogen and oxygen atoms in total. The van der Waals surface area contributed by atoms with Crippen molar-refractivity contribution >= 4 is 11.8 Å². The monoisotopic (exact) mass is 309 g/mol. The van der Waals surface area contributed by atoms with Crippen LogP contribution in [0.15, 0.2) is 18.2 Å². The van der Waals surface area contributed by atoms with Crippen molar-refractivity contribution in [3.05, 3.63) is 29.6 Å². The molecule has 0 saturated carbocycles. The Labute approximate surface area is 118 Å². The molecule has 0 unspecified atom stereocenters. The first-order chi connectivity index (χ1) is 9.40. The van der Waals surface area contributed by atoms with Crippen molar-refractivity contribution in [3.63, 3.8) is 0 Å². The van der Waals surface area contributed by atoms with Crippen LogP contribution >= 0.6 is 0 Å². The Hall–Kier alpha value is -1.83. The Morgan fingerprint density at radius 3 is 2.29 bits per heavy atom. The maximum Gasteiger partial charge on any atom is 0.418 e. The molecule has 0 fully saturated rings. The Morgan fingerprint density at radius 2 is 1.86 bits per heavy atom. The maximum atomic E-state index is 13.6. The van der Waals surface area contributed by atoms with E-state index in [0.29, 0.717) is 6.07 Å². The van der Waals surface area contributed by atoms with E-state index < -0.39 is 35.4 Å². The molecule has 0 aliphatic carbocycles. The number of aliphatic hydroxyl groups excluding tert-OH is 1. The maximum absolute atomic E-state index is 13.6. The minimum absolute atomic E-state index is 0.0834. The molecule has 0 heterocycles. The molecule has 118 valence electrons. The topological polar surface area (TPSA) is 58.6 Å². The van der Waals surface area contributed by atoms with Crippen LogP contribution in [0, 0.1) is 5.82 Å². The van der Waals surface area contributed by atoms with Crippen molar-refractivity contribution in [2.45, 2.75) is 38.7 Å². The molecular formula is C13H15F4NO3. The number of aliphatic hydroxyl groups is 1. The molecule has 0 radical (unpaired) electrons. The number of carbonyl (C=O) groups excluding carboxylic acids is 1. The predicted octanol–water partition coefficient (Wildman–Crippen LogP) is 3.77. The third-order valence-electron chi connectivity index (χ3n) is 2.25. The summed E-state index contributed by atoms with van der Waals surface area (Å²) in [6, 6.07) is 2.46. The van der Waals surface area contributed by atoms with Crippen LogP contribution in [0.4, 0.5) is 28.0 Å². The number of benzene rings is 1. The molecule has 1 aromatic carbocycles. The van der Waals surface area contributed by atoms with E-state index in [9.17, 15) is 22.4 Å². The third-order valence-corrected chi connectivity index (χ3v) is 2.25. The van der Waals surface area contributed by atoms with Crippen LogP contribution in [-0.2, 0) is 4.74 Å². The highest BCUT2D eigenvalue weighted by Crippen LogP contribution is 2.34. The summed E-state index contributed by atoms with van der Waals surface area (Å²) in [4.78, 5) is 11.4. The Bertz CT molecular complexity index is 523. The number of hydrogen-bond acceptors (Lipinski definition) is 3. The average Bonchev–Trinajstić information content (AvgIpc) is 2.24. The zero-order valence-corrected chi connectivity index (χ0v) is 11.6. The molecule has 0 spiro atoms. The molecule has 1 aromatic rings. The first-order valence-electron chi connectivity index (χ1n) is 5.94. The number of nitrogens with one attached hydrogen (secondary N) is 1. The largest absolute Gasteiger partial charge is 0.444 e. The van der Waals surface area contributed by atoms with Gasteiger partial charge in [-0.25, -0.2) is 9.18 Å². The molecule has 0 aliphatic rings. The molecule has 1 atom stereocenters. The fourth-order valence-electron chi connectivity index (χ4n) is 1.42. The Morgan fingerprint density at radius 1 is 1.29 bits per heavy atom. The highest BCUT2D eigenvalue weighted by Gasteiger charge is 2.40. The van der Waals surface area contributed by atoms with Gasteiger partial charge in [0.25, 0.3) is 0 Å². The molecule has 0 bridgehead atoms. The number of halogens is 4. The Kier molecular flexibility index (Phi) is 4.83. The summed E-state index contributed by atoms with van der Waals surface area (Å²) >= 11 is 0. The number of carbonyl (C=O) groups is 1. The lowest BCUT2D eigenvalue weighted by Crippen LogP contribution is -2.27. The van der Waals surface area contributed by atoms with E-state index >= 15 is 0 Å². The minimum atomic E-state index is -4.97. The van der Waals surface area contributed by atoms with Gasteiger partial charge in [0.2, 0.25) is 0 Å². The minimum Gasteiger partial charge on any atom is -0.444 e. The highest BCUT2D eigenvalue weighted by molar-refractivity contribution is 5.84. The molecule has 8 heteroatoms. The second-order valence-corrected chi connectivity index (χ2v) is 5.31. The molecule has 0 aromatic heterocycles. The van der Waals surface area contributed by atoms with Crippen molar-refractivity contribution in [3.8, 4) is 0 Å². The van der Waals surface area contributed by atoms with Crippen molar-refractivity contribution in [1.29, 1.82) is 0 Å². The van der Waals surface area contributed by atoms with Crippen LogP contribution in [0.1, 0.15) is 32.4 Å². The van der Waals surface area contributed by atoms with Crippen LogP contribution in [-0.4, -0.2) is 23.0 Å². The van der Waals surface area contributed by atoms with Crippen molar-refractivity contribution in [1.82, 2.24) is 0 Å². The summed E-state index contributed by atoms with van der Waals surface area (Å²) < 4.78 is 55.4. The van der Waals surface area contributed by atoms with Gasteiger partial charge in [-0.3, -0.25) is 5.32 Å². The van der Waals surface area contributed by atoms with E-state index in [4.69, 9.17) is 9.84 Å². The number of hydrogen-bond donors (Lipinski definition) is 2. The van der Waals surface area contributed by atoms with E-state index in [0.717, 1.165) is 12.1 Å². The molecule has 2 N–H and O–H groups in total. The predicted molar refractivity (Wildman–Crippen MR) is 67.3 cm³/mol. The quantitative estimate of drug-likeness (QED) is 0.818. The first-order valence-corrected chi connectivity index (χ1v) is 5.94. The molecule has 0 aliphatic heterocycles. The summed E-state index contributed by atoms with van der Waals surface area (Å²) in [5.41, 5.74) is -1.77. The standard InChI is InChI=1S/C13H15F4NO3/c1-12(2,3)21-11(20)18-7-4-5-8(9(14)6-7)10(19)13(15,16)17/h4-6,10,19H,1-3H3,(H,18,20)/t10-/m1/s1. The second-order valence-electron chi connectivity index (χ2n) is 5.31. The van der Waals surface area contributed by atoms with Gasteiger partial charge in [-0.05, 0) is 32.9 Å². The Balaban J connectivity index is 2.86. The number of alkyl halides is 3. The molecular weight excluding hydrogens is 294 g/mol. The van der Waals surface area contributed by atoms with E-state index in [-0.39, 0.29) is 5.69 Å². The SMILES string of the molecule is CC(C)(C)OC(=O)Nc1ccc([C@@H](O)C(F)(F)F)c(F)c1. The van der Waals surface area contributed by atoms with Gasteiger partial charge >= 0.3 is 12.3 Å². The summed E-state index contributed by atoms with van der Waals surface area (Å²) in [6.45, 7) is 4.86. The van der Waals surface area contributed by atoms with E-state index in [1.54, 1.807) is 20.8 Å². The van der Waals surface area contributed by atoms with Gasteiger partial charge in [-0.15, -0.1) is 0 Å². The lowest BCUT2D eigenvalue weighted by molar-refractivity contribution is -0.207. The lowest BCUT2D eigenvalue weighted by atomic mass is 10.1. The number of rotatable bonds is 2. The average molecular weight is 309 g/mol. The number of ether oxygens (including phenoxy) is 1. The summed E-state index contributed by atoms with van der Waals surface area (Å²) in [6.07, 6.45) is -8.76. The van der Waals surface area contributed by atoms with Gasteiger partial charge in [-0.1, -0.05) is 6.07 Å². The van der Waals surface area contributed by atoms with Crippen molar-refractivity contribution < 1.29 is 32.2 Å². The zero-order valence-electron chi connectivity index (χ0n) is 11.6. The van der Waals surface area contributed by atoms with Crippen molar-refractivity contribution in [2.75, 3.05) is 5.32 Å². The second kappa shape index (κ2) is 5.88. The highest BCUT2D eigenvalue weighted by atomic mass is 19.4. The van der Waals surface area contributed by atoms with Crippen LogP contribution in [0.2, 0.25) is 0 Å². The molecule has 0 saturated heterocycles. The summed E-state index contributed by atoms with van der Waals surface area (Å²) in [7, 11) is 0. The fraction of sp³-hybridized carbons (Fsp3) is 0.462. The van der Waals surface area contributed by atoms with Crippen LogP contribution in [0.25, 0.3) is 0 Å². The fourth-order valence-corrected chi connectivity index (χ4v) is 1.42. The van der Waals surface area contributed by atoms with Gasteiger partial charge < -0.3 is 9.84 Å². The normalized spacial score (nSPS) is 13.7. The van der Waals surface area contributed by atoms with E-state index in [1.807, 2.05) is 0 Å². The molecule has 21 heavy (non-hydrogen) atoms. The third kappa shape index (κ3) is 5.22. The van der Waals surface area contributed by atoms with Crippen LogP contribution in [0.5, 0.6) is 0 Å². The first kappa shape index (κ1) is 17.2. The van der Waals surface area contributed by atoms with Crippen LogP contribution < -0.4 is 5.32 Å². The zero-order chi connectivity index (χ0) is 16.4. The number of anilines is 1. The van der Waals surface area contributed by atoms with Crippen LogP contribution in [0.3, 0.4) is 0 Å².